The zero-order chi connectivity index (χ0) is 18.9. The van der Waals surface area contributed by atoms with E-state index in [9.17, 15) is 9.59 Å². The molecule has 136 valence electrons. The van der Waals surface area contributed by atoms with E-state index in [1.54, 1.807) is 24.3 Å². The topological polar surface area (TPSA) is 55.4 Å². The summed E-state index contributed by atoms with van der Waals surface area (Å²) < 4.78 is 5.28. The molecule has 1 atom stereocenters. The van der Waals surface area contributed by atoms with Crippen molar-refractivity contribution in [1.29, 1.82) is 0 Å². The highest BCUT2D eigenvalue weighted by atomic mass is 16.5. The Kier molecular flexibility index (Phi) is 6.36. The lowest BCUT2D eigenvalue weighted by atomic mass is 9.98. The van der Waals surface area contributed by atoms with Crippen molar-refractivity contribution in [2.45, 2.75) is 19.1 Å². The first-order chi connectivity index (χ1) is 13.2. The molecule has 3 aromatic carbocycles. The lowest BCUT2D eigenvalue weighted by molar-refractivity contribution is 0.0916. The van der Waals surface area contributed by atoms with Gasteiger partial charge in [-0.2, -0.15) is 0 Å². The fraction of sp³-hybridized carbons (Fsp3) is 0.130. The summed E-state index contributed by atoms with van der Waals surface area (Å²) in [6, 6.07) is 27.3. The standard InChI is InChI=1S/C23H21NO3/c25-22(20-14-8-3-9-15-20)21(16-18-10-4-1-5-11-18)24-23(26)27-17-19-12-6-2-7-13-19/h1-15,21H,16-17H2,(H,24,26)/t21-/m0/s1. The molecule has 0 heterocycles. The number of carbonyl (C=O) groups is 2. The van der Waals surface area contributed by atoms with E-state index in [2.05, 4.69) is 5.32 Å². The van der Waals surface area contributed by atoms with Gasteiger partial charge in [0.25, 0.3) is 0 Å². The minimum atomic E-state index is -0.696. The second kappa shape index (κ2) is 9.34. The third kappa shape index (κ3) is 5.54. The molecule has 3 rings (SSSR count). The van der Waals surface area contributed by atoms with Crippen LogP contribution in [0.3, 0.4) is 0 Å². The largest absolute Gasteiger partial charge is 0.445 e. The Hall–Kier alpha value is -3.40. The fourth-order valence-electron chi connectivity index (χ4n) is 2.77. The Balaban J connectivity index is 1.69. The van der Waals surface area contributed by atoms with Crippen molar-refractivity contribution < 1.29 is 14.3 Å². The summed E-state index contributed by atoms with van der Waals surface area (Å²) >= 11 is 0. The molecule has 0 aliphatic carbocycles. The van der Waals surface area contributed by atoms with Gasteiger partial charge in [-0.1, -0.05) is 91.0 Å². The highest BCUT2D eigenvalue weighted by Gasteiger charge is 2.23. The van der Waals surface area contributed by atoms with Crippen LogP contribution in [0.25, 0.3) is 0 Å². The number of carbonyl (C=O) groups excluding carboxylic acids is 2. The normalized spacial score (nSPS) is 11.4. The number of hydrogen-bond donors (Lipinski definition) is 1. The first-order valence-corrected chi connectivity index (χ1v) is 8.83. The smallest absolute Gasteiger partial charge is 0.408 e. The van der Waals surface area contributed by atoms with Gasteiger partial charge < -0.3 is 10.1 Å². The third-order valence-electron chi connectivity index (χ3n) is 4.16. The van der Waals surface area contributed by atoms with E-state index < -0.39 is 12.1 Å². The summed E-state index contributed by atoms with van der Waals surface area (Å²) in [4.78, 5) is 25.2. The maximum absolute atomic E-state index is 12.9. The summed E-state index contributed by atoms with van der Waals surface area (Å²) in [7, 11) is 0. The summed E-state index contributed by atoms with van der Waals surface area (Å²) in [6.45, 7) is 0.157. The van der Waals surface area contributed by atoms with E-state index in [4.69, 9.17) is 4.74 Å². The van der Waals surface area contributed by atoms with Crippen LogP contribution in [-0.4, -0.2) is 17.9 Å². The van der Waals surface area contributed by atoms with Crippen LogP contribution in [0, 0.1) is 0 Å². The van der Waals surface area contributed by atoms with Crippen LogP contribution in [0.4, 0.5) is 4.79 Å². The minimum Gasteiger partial charge on any atom is -0.445 e. The summed E-state index contributed by atoms with van der Waals surface area (Å²) in [5.41, 5.74) is 2.42. The van der Waals surface area contributed by atoms with Crippen molar-refractivity contribution in [2.75, 3.05) is 0 Å². The van der Waals surface area contributed by atoms with Crippen LogP contribution >= 0.6 is 0 Å². The molecule has 1 N–H and O–H groups in total. The van der Waals surface area contributed by atoms with Crippen LogP contribution in [0.5, 0.6) is 0 Å². The van der Waals surface area contributed by atoms with E-state index in [-0.39, 0.29) is 12.4 Å². The van der Waals surface area contributed by atoms with Gasteiger partial charge in [-0.15, -0.1) is 0 Å². The minimum absolute atomic E-state index is 0.142. The number of benzene rings is 3. The summed E-state index contributed by atoms with van der Waals surface area (Å²) in [6.07, 6.45) is -0.210. The Bertz CT molecular complexity index is 864. The molecule has 0 spiro atoms. The number of hydrogen-bond acceptors (Lipinski definition) is 3. The van der Waals surface area contributed by atoms with E-state index in [0.29, 0.717) is 12.0 Å². The van der Waals surface area contributed by atoms with Crippen LogP contribution in [0.2, 0.25) is 0 Å². The number of Topliss-reactive ketones (excluding diaryl/α,β-unsaturated/α-hetero) is 1. The number of ether oxygens (including phenoxy) is 1. The number of nitrogens with one attached hydrogen (secondary N) is 1. The molecule has 1 amide bonds. The van der Waals surface area contributed by atoms with Gasteiger partial charge >= 0.3 is 6.09 Å². The number of amides is 1. The van der Waals surface area contributed by atoms with Gasteiger partial charge in [0, 0.05) is 12.0 Å². The van der Waals surface area contributed by atoms with Gasteiger partial charge in [-0.05, 0) is 11.1 Å². The molecule has 0 aliphatic heterocycles. The van der Waals surface area contributed by atoms with E-state index in [1.165, 1.54) is 0 Å². The molecule has 27 heavy (non-hydrogen) atoms. The molecule has 0 bridgehead atoms. The zero-order valence-corrected chi connectivity index (χ0v) is 14.9. The highest BCUT2D eigenvalue weighted by molar-refractivity contribution is 6.01. The quantitative estimate of drug-likeness (QED) is 0.636. The van der Waals surface area contributed by atoms with E-state index >= 15 is 0 Å². The number of alkyl carbamates (subject to hydrolysis) is 1. The molecule has 0 fully saturated rings. The Morgan fingerprint density at radius 2 is 1.26 bits per heavy atom. The van der Waals surface area contributed by atoms with Crippen LogP contribution in [0.15, 0.2) is 91.0 Å². The molecule has 0 unspecified atom stereocenters. The van der Waals surface area contributed by atoms with Crippen molar-refractivity contribution in [3.05, 3.63) is 108 Å². The first kappa shape index (κ1) is 18.4. The lowest BCUT2D eigenvalue weighted by Crippen LogP contribution is -2.42. The predicted molar refractivity (Wildman–Crippen MR) is 104 cm³/mol. The van der Waals surface area contributed by atoms with Crippen molar-refractivity contribution >= 4 is 11.9 Å². The molecular formula is C23H21NO3. The van der Waals surface area contributed by atoms with Gasteiger partial charge in [-0.25, -0.2) is 4.79 Å². The average Bonchev–Trinajstić information content (AvgIpc) is 2.73. The van der Waals surface area contributed by atoms with Gasteiger partial charge in [0.1, 0.15) is 6.61 Å². The molecule has 0 aliphatic rings. The van der Waals surface area contributed by atoms with Crippen LogP contribution in [-0.2, 0) is 17.8 Å². The molecule has 3 aromatic rings. The Labute approximate surface area is 158 Å². The molecule has 0 radical (unpaired) electrons. The third-order valence-corrected chi connectivity index (χ3v) is 4.16. The maximum atomic E-state index is 12.9. The number of rotatable bonds is 7. The monoisotopic (exact) mass is 359 g/mol. The van der Waals surface area contributed by atoms with Crippen molar-refractivity contribution in [3.8, 4) is 0 Å². The van der Waals surface area contributed by atoms with E-state index in [1.807, 2.05) is 66.7 Å². The average molecular weight is 359 g/mol. The summed E-state index contributed by atoms with van der Waals surface area (Å²) in [5, 5.41) is 2.72. The molecule has 0 saturated carbocycles. The van der Waals surface area contributed by atoms with Gasteiger partial charge in [0.05, 0.1) is 6.04 Å². The summed E-state index contributed by atoms with van der Waals surface area (Å²) in [5.74, 6) is -0.142. The molecule has 4 heteroatoms. The fourth-order valence-corrected chi connectivity index (χ4v) is 2.77. The second-order valence-electron chi connectivity index (χ2n) is 6.18. The second-order valence-corrected chi connectivity index (χ2v) is 6.18. The maximum Gasteiger partial charge on any atom is 0.408 e. The van der Waals surface area contributed by atoms with Crippen LogP contribution in [0.1, 0.15) is 21.5 Å². The lowest BCUT2D eigenvalue weighted by Gasteiger charge is -2.18. The van der Waals surface area contributed by atoms with Crippen molar-refractivity contribution in [2.24, 2.45) is 0 Å². The van der Waals surface area contributed by atoms with Crippen LogP contribution < -0.4 is 5.32 Å². The molecule has 0 saturated heterocycles. The van der Waals surface area contributed by atoms with Crippen molar-refractivity contribution in [3.63, 3.8) is 0 Å². The predicted octanol–water partition coefficient (Wildman–Crippen LogP) is 4.41. The highest BCUT2D eigenvalue weighted by Crippen LogP contribution is 2.10. The Morgan fingerprint density at radius 1 is 0.741 bits per heavy atom. The van der Waals surface area contributed by atoms with Crippen molar-refractivity contribution in [1.82, 2.24) is 5.32 Å². The SMILES string of the molecule is O=C(N[C@@H](Cc1ccccc1)C(=O)c1ccccc1)OCc1ccccc1. The van der Waals surface area contributed by atoms with Gasteiger partial charge in [0.2, 0.25) is 0 Å². The molecule has 4 nitrogen and oxygen atoms in total. The molecule has 0 aromatic heterocycles. The van der Waals surface area contributed by atoms with Gasteiger partial charge in [-0.3, -0.25) is 4.79 Å². The number of ketones is 1. The Morgan fingerprint density at radius 3 is 1.85 bits per heavy atom. The van der Waals surface area contributed by atoms with E-state index in [0.717, 1.165) is 11.1 Å². The first-order valence-electron chi connectivity index (χ1n) is 8.83. The zero-order valence-electron chi connectivity index (χ0n) is 14.9. The molecular weight excluding hydrogens is 338 g/mol. The van der Waals surface area contributed by atoms with Gasteiger partial charge in [0.15, 0.2) is 5.78 Å².